The number of thiazole rings is 1. The van der Waals surface area contributed by atoms with Crippen molar-refractivity contribution in [1.82, 2.24) is 10.3 Å². The lowest BCUT2D eigenvalue weighted by Gasteiger charge is -2.06. The molecule has 2 aromatic carbocycles. The second-order valence-electron chi connectivity index (χ2n) is 5.76. The molecule has 0 aliphatic heterocycles. The molecule has 3 amide bonds. The van der Waals surface area contributed by atoms with Crippen LogP contribution in [0.3, 0.4) is 0 Å². The smallest absolute Gasteiger partial charge is 0.325 e. The SMILES string of the molecule is Cc1cccc(NC(=O)Nc2nc(C(=O)NCc3ccccc3Cl)cs2)c1. The number of hydrogen-bond acceptors (Lipinski definition) is 4. The molecule has 0 fully saturated rings. The molecule has 6 nitrogen and oxygen atoms in total. The predicted molar refractivity (Wildman–Crippen MR) is 109 cm³/mol. The molecule has 3 rings (SSSR count). The normalized spacial score (nSPS) is 10.3. The van der Waals surface area contributed by atoms with Crippen molar-refractivity contribution in [3.05, 3.63) is 75.8 Å². The molecule has 0 unspecified atom stereocenters. The van der Waals surface area contributed by atoms with Gasteiger partial charge in [0.1, 0.15) is 5.69 Å². The zero-order chi connectivity index (χ0) is 19.2. The Labute approximate surface area is 165 Å². The second kappa shape index (κ2) is 8.66. The first-order valence-corrected chi connectivity index (χ1v) is 9.39. The van der Waals surface area contributed by atoms with Gasteiger partial charge in [-0.15, -0.1) is 11.3 Å². The van der Waals surface area contributed by atoms with E-state index in [1.807, 2.05) is 43.3 Å². The molecule has 0 saturated carbocycles. The third-order valence-electron chi connectivity index (χ3n) is 3.63. The van der Waals surface area contributed by atoms with Crippen LogP contribution in [0.25, 0.3) is 0 Å². The van der Waals surface area contributed by atoms with Gasteiger partial charge in [-0.05, 0) is 36.2 Å². The van der Waals surface area contributed by atoms with Crippen molar-refractivity contribution >= 4 is 45.7 Å². The summed E-state index contributed by atoms with van der Waals surface area (Å²) < 4.78 is 0. The fourth-order valence-electron chi connectivity index (χ4n) is 2.33. The van der Waals surface area contributed by atoms with Crippen LogP contribution in [0.15, 0.2) is 53.9 Å². The number of carbonyl (C=O) groups is 2. The van der Waals surface area contributed by atoms with E-state index in [9.17, 15) is 9.59 Å². The summed E-state index contributed by atoms with van der Waals surface area (Å²) >= 11 is 7.25. The van der Waals surface area contributed by atoms with Gasteiger partial charge in [0.05, 0.1) is 0 Å². The Morgan fingerprint density at radius 3 is 2.70 bits per heavy atom. The minimum absolute atomic E-state index is 0.234. The lowest BCUT2D eigenvalue weighted by Crippen LogP contribution is -2.23. The lowest BCUT2D eigenvalue weighted by molar-refractivity contribution is 0.0946. The number of hydrogen-bond donors (Lipinski definition) is 3. The quantitative estimate of drug-likeness (QED) is 0.581. The molecule has 0 radical (unpaired) electrons. The number of halogens is 1. The van der Waals surface area contributed by atoms with Crippen molar-refractivity contribution < 1.29 is 9.59 Å². The van der Waals surface area contributed by atoms with Gasteiger partial charge in [-0.1, -0.05) is 41.9 Å². The Morgan fingerprint density at radius 2 is 1.93 bits per heavy atom. The molecule has 0 atom stereocenters. The standard InChI is InChI=1S/C19H17ClN4O2S/c1-12-5-4-7-14(9-12)22-18(26)24-19-23-16(11-27-19)17(25)21-10-13-6-2-3-8-15(13)20/h2-9,11H,10H2,1H3,(H,21,25)(H2,22,23,24,26). The Balaban J connectivity index is 1.55. The van der Waals surface area contributed by atoms with Gasteiger partial charge < -0.3 is 10.6 Å². The summed E-state index contributed by atoms with van der Waals surface area (Å²) in [5.41, 5.74) is 2.78. The summed E-state index contributed by atoms with van der Waals surface area (Å²) in [6.45, 7) is 2.24. The number of amides is 3. The van der Waals surface area contributed by atoms with E-state index < -0.39 is 6.03 Å². The molecule has 0 aliphatic carbocycles. The Bertz CT molecular complexity index is 974. The summed E-state index contributed by atoms with van der Waals surface area (Å²) in [6, 6.07) is 14.3. The van der Waals surface area contributed by atoms with Crippen LogP contribution in [0.4, 0.5) is 15.6 Å². The maximum absolute atomic E-state index is 12.2. The molecule has 0 aliphatic rings. The molecule has 8 heteroatoms. The second-order valence-corrected chi connectivity index (χ2v) is 7.03. The molecule has 1 heterocycles. The fourth-order valence-corrected chi connectivity index (χ4v) is 3.21. The van der Waals surface area contributed by atoms with E-state index in [0.29, 0.717) is 22.4 Å². The van der Waals surface area contributed by atoms with Crippen molar-refractivity contribution in [3.8, 4) is 0 Å². The van der Waals surface area contributed by atoms with Crippen LogP contribution in [0.1, 0.15) is 21.6 Å². The molecular weight excluding hydrogens is 384 g/mol. The van der Waals surface area contributed by atoms with E-state index >= 15 is 0 Å². The zero-order valence-corrected chi connectivity index (χ0v) is 16.0. The molecule has 27 heavy (non-hydrogen) atoms. The maximum atomic E-state index is 12.2. The number of rotatable bonds is 5. The Hall–Kier alpha value is -2.90. The zero-order valence-electron chi connectivity index (χ0n) is 14.5. The third-order valence-corrected chi connectivity index (χ3v) is 4.76. The van der Waals surface area contributed by atoms with Crippen LogP contribution >= 0.6 is 22.9 Å². The average molecular weight is 401 g/mol. The number of aryl methyl sites for hydroxylation is 1. The minimum atomic E-state index is -0.419. The third kappa shape index (κ3) is 5.29. The number of carbonyl (C=O) groups excluding carboxylic acids is 2. The van der Waals surface area contributed by atoms with Crippen molar-refractivity contribution in [1.29, 1.82) is 0 Å². The Morgan fingerprint density at radius 1 is 1.11 bits per heavy atom. The van der Waals surface area contributed by atoms with Gasteiger partial charge >= 0.3 is 6.03 Å². The van der Waals surface area contributed by atoms with Gasteiger partial charge in [0, 0.05) is 22.6 Å². The maximum Gasteiger partial charge on any atom is 0.325 e. The van der Waals surface area contributed by atoms with E-state index in [1.165, 1.54) is 11.3 Å². The van der Waals surface area contributed by atoms with Crippen LogP contribution in [-0.2, 0) is 6.54 Å². The molecule has 0 saturated heterocycles. The van der Waals surface area contributed by atoms with Crippen molar-refractivity contribution in [2.24, 2.45) is 0 Å². The highest BCUT2D eigenvalue weighted by Crippen LogP contribution is 2.18. The monoisotopic (exact) mass is 400 g/mol. The number of urea groups is 1. The topological polar surface area (TPSA) is 83.1 Å². The number of nitrogens with zero attached hydrogens (tertiary/aromatic N) is 1. The van der Waals surface area contributed by atoms with Crippen molar-refractivity contribution in [2.45, 2.75) is 13.5 Å². The van der Waals surface area contributed by atoms with Crippen LogP contribution in [0, 0.1) is 6.92 Å². The summed E-state index contributed by atoms with van der Waals surface area (Å²) in [5, 5.41) is 10.6. The van der Waals surface area contributed by atoms with Gasteiger partial charge in [-0.25, -0.2) is 9.78 Å². The van der Waals surface area contributed by atoms with Crippen molar-refractivity contribution in [2.75, 3.05) is 10.6 Å². The largest absolute Gasteiger partial charge is 0.347 e. The highest BCUT2D eigenvalue weighted by molar-refractivity contribution is 7.14. The van der Waals surface area contributed by atoms with Gasteiger partial charge in [-0.2, -0.15) is 0 Å². The molecule has 138 valence electrons. The highest BCUT2D eigenvalue weighted by atomic mass is 35.5. The van der Waals surface area contributed by atoms with Crippen LogP contribution in [0.5, 0.6) is 0 Å². The first kappa shape index (κ1) is 18.9. The van der Waals surface area contributed by atoms with Gasteiger partial charge in [-0.3, -0.25) is 10.1 Å². The Kier molecular flexibility index (Phi) is 6.05. The number of nitrogens with one attached hydrogen (secondary N) is 3. The van der Waals surface area contributed by atoms with E-state index in [1.54, 1.807) is 17.5 Å². The van der Waals surface area contributed by atoms with Crippen LogP contribution < -0.4 is 16.0 Å². The summed E-state index contributed by atoms with van der Waals surface area (Å²) in [4.78, 5) is 28.4. The van der Waals surface area contributed by atoms with E-state index in [2.05, 4.69) is 20.9 Å². The number of benzene rings is 2. The molecule has 0 bridgehead atoms. The predicted octanol–water partition coefficient (Wildman–Crippen LogP) is 4.68. The first-order chi connectivity index (χ1) is 13.0. The first-order valence-electron chi connectivity index (χ1n) is 8.13. The van der Waals surface area contributed by atoms with Crippen LogP contribution in [-0.4, -0.2) is 16.9 Å². The summed E-state index contributed by atoms with van der Waals surface area (Å²) in [6.07, 6.45) is 0. The van der Waals surface area contributed by atoms with E-state index in [4.69, 9.17) is 11.6 Å². The lowest BCUT2D eigenvalue weighted by atomic mass is 10.2. The average Bonchev–Trinajstić information content (AvgIpc) is 3.09. The van der Waals surface area contributed by atoms with Crippen molar-refractivity contribution in [3.63, 3.8) is 0 Å². The van der Waals surface area contributed by atoms with Gasteiger partial charge in [0.2, 0.25) is 0 Å². The van der Waals surface area contributed by atoms with Gasteiger partial charge in [0.15, 0.2) is 5.13 Å². The summed E-state index contributed by atoms with van der Waals surface area (Å²) in [5.74, 6) is -0.335. The molecule has 0 spiro atoms. The van der Waals surface area contributed by atoms with E-state index in [0.717, 1.165) is 11.1 Å². The van der Waals surface area contributed by atoms with Crippen LogP contribution in [0.2, 0.25) is 5.02 Å². The minimum Gasteiger partial charge on any atom is -0.347 e. The number of aromatic nitrogens is 1. The fraction of sp³-hybridized carbons (Fsp3) is 0.105. The van der Waals surface area contributed by atoms with Gasteiger partial charge in [0.25, 0.3) is 5.91 Å². The highest BCUT2D eigenvalue weighted by Gasteiger charge is 2.13. The molecule has 3 N–H and O–H groups in total. The molecule has 1 aromatic heterocycles. The molecular formula is C19H17ClN4O2S. The summed E-state index contributed by atoms with van der Waals surface area (Å²) in [7, 11) is 0. The van der Waals surface area contributed by atoms with E-state index in [-0.39, 0.29) is 11.6 Å². The molecule has 3 aromatic rings. The number of anilines is 2.